The zero-order valence-electron chi connectivity index (χ0n) is 33.5. The van der Waals surface area contributed by atoms with Gasteiger partial charge < -0.3 is 25.2 Å². The lowest BCUT2D eigenvalue weighted by Crippen LogP contribution is -2.37. The molecule has 23 heteroatoms. The summed E-state index contributed by atoms with van der Waals surface area (Å²) < 4.78 is 7.10. The highest BCUT2D eigenvalue weighted by Gasteiger charge is 2.36. The Labute approximate surface area is 367 Å². The van der Waals surface area contributed by atoms with Crippen LogP contribution in [0.25, 0.3) is 17.8 Å². The zero-order valence-corrected chi connectivity index (χ0v) is 35.1. The van der Waals surface area contributed by atoms with Crippen LogP contribution < -0.4 is 25.8 Å². The normalized spacial score (nSPS) is 18.8. The number of imidazole rings is 1. The molecule has 0 saturated carbocycles. The molecule has 0 atom stereocenters. The Bertz CT molecular complexity index is 2640. The van der Waals surface area contributed by atoms with Gasteiger partial charge in [0.2, 0.25) is 17.8 Å². The van der Waals surface area contributed by atoms with Crippen molar-refractivity contribution in [1.82, 2.24) is 54.7 Å². The van der Waals surface area contributed by atoms with Gasteiger partial charge in [0.1, 0.15) is 5.82 Å². The van der Waals surface area contributed by atoms with Crippen LogP contribution in [-0.4, -0.2) is 124 Å². The van der Waals surface area contributed by atoms with Crippen molar-refractivity contribution in [2.24, 2.45) is 11.8 Å². The first kappa shape index (κ1) is 41.3. The van der Waals surface area contributed by atoms with Gasteiger partial charge in [0, 0.05) is 70.3 Å². The van der Waals surface area contributed by atoms with Crippen molar-refractivity contribution in [1.29, 1.82) is 0 Å². The highest BCUT2D eigenvalue weighted by atomic mass is 32.2. The number of anilines is 4. The van der Waals surface area contributed by atoms with E-state index >= 15 is 0 Å². The van der Waals surface area contributed by atoms with Crippen molar-refractivity contribution in [2.75, 3.05) is 66.4 Å². The van der Waals surface area contributed by atoms with Crippen molar-refractivity contribution in [2.45, 2.75) is 25.7 Å². The topological polar surface area (TPSA) is 248 Å². The summed E-state index contributed by atoms with van der Waals surface area (Å²) in [4.78, 5) is 98.9. The number of imide groups is 2. The largest absolute Gasteiger partial charge is 0.439 e. The van der Waals surface area contributed by atoms with Gasteiger partial charge in [-0.05, 0) is 104 Å². The summed E-state index contributed by atoms with van der Waals surface area (Å²) in [6.45, 7) is 3.67. The van der Waals surface area contributed by atoms with E-state index in [2.05, 4.69) is 65.7 Å². The number of nitrogens with zero attached hydrogens (tertiary/aromatic N) is 12. The number of ether oxygens (including phenoxy) is 1. The molecule has 5 aromatic heterocycles. The summed E-state index contributed by atoms with van der Waals surface area (Å²) in [5.41, 5.74) is 1.77. The first-order valence-electron chi connectivity index (χ1n) is 20.2. The second kappa shape index (κ2) is 18.5. The number of esters is 1. The number of thioether (sulfide) groups is 2. The Balaban J connectivity index is 0.720. The second-order valence-electron chi connectivity index (χ2n) is 14.9. The van der Waals surface area contributed by atoms with Crippen LogP contribution >= 0.6 is 23.5 Å². The second-order valence-corrected chi connectivity index (χ2v) is 16.9. The van der Waals surface area contributed by atoms with Gasteiger partial charge in [0.15, 0.2) is 18.1 Å². The highest BCUT2D eigenvalue weighted by Crippen LogP contribution is 2.32. The predicted octanol–water partition coefficient (Wildman–Crippen LogP) is 3.93. The lowest BCUT2D eigenvalue weighted by molar-refractivity contribution is -0.125. The van der Waals surface area contributed by atoms with Crippen molar-refractivity contribution in [3.63, 3.8) is 0 Å². The third-order valence-corrected chi connectivity index (χ3v) is 12.5. The number of piperidine rings is 2. The summed E-state index contributed by atoms with van der Waals surface area (Å²) in [7, 11) is 0. The fourth-order valence-corrected chi connectivity index (χ4v) is 8.79. The van der Waals surface area contributed by atoms with Crippen molar-refractivity contribution in [3.05, 3.63) is 88.2 Å². The Hall–Kier alpha value is -7.01. The SMILES string of the molecule is O=C1NC(=O)/C(=C/c2ccnc(N3CCC(CNc4nccc(C(=O)OCN5C(=O)S/C(=C\c6ccnc(N7CCC(CNc8ccc9nccn9n8)CC7)n6)C5=O)n4)CC3)n2)S1. The lowest BCUT2D eigenvalue weighted by Gasteiger charge is -2.32. The lowest BCUT2D eigenvalue weighted by atomic mass is 9.97. The summed E-state index contributed by atoms with van der Waals surface area (Å²) in [6, 6.07) is 8.59. The third-order valence-electron chi connectivity index (χ3n) is 10.8. The van der Waals surface area contributed by atoms with E-state index in [1.807, 2.05) is 18.3 Å². The van der Waals surface area contributed by atoms with Gasteiger partial charge in [0.05, 0.1) is 21.2 Å². The van der Waals surface area contributed by atoms with Gasteiger partial charge in [-0.15, -0.1) is 5.10 Å². The molecule has 0 bridgehead atoms. The van der Waals surface area contributed by atoms with Gasteiger partial charge in [-0.2, -0.15) is 0 Å². The van der Waals surface area contributed by atoms with Gasteiger partial charge >= 0.3 is 5.97 Å². The minimum Gasteiger partial charge on any atom is -0.439 e. The summed E-state index contributed by atoms with van der Waals surface area (Å²) in [6.07, 6.45) is 14.8. The average molecular weight is 890 g/mol. The molecular weight excluding hydrogens is 851 g/mol. The van der Waals surface area contributed by atoms with Gasteiger partial charge in [-0.25, -0.2) is 49.1 Å². The van der Waals surface area contributed by atoms with Crippen LogP contribution in [0.4, 0.5) is 33.3 Å². The number of hydrogen-bond acceptors (Lipinski definition) is 20. The number of carbonyl (C=O) groups excluding carboxylic acids is 5. The van der Waals surface area contributed by atoms with Crippen LogP contribution in [0.1, 0.15) is 47.6 Å². The van der Waals surface area contributed by atoms with Crippen molar-refractivity contribution < 1.29 is 28.7 Å². The van der Waals surface area contributed by atoms with E-state index in [0.717, 1.165) is 85.2 Å². The standard InChI is InChI=1S/C40H39N15O6S2/c56-33-29(62-39(59)50-33)19-26-3-10-43-37(47-26)53-16-8-25(9-17-53)22-46-36-42-12-5-28(49-36)35(58)61-23-54-34(57)30(63-40(54)60)20-27-4-11-44-38(48-27)52-14-6-24(7-15-52)21-45-31-1-2-32-41-13-18-55(32)51-31/h1-5,10-13,18-20,24-25H,6-9,14-17,21-23H2,(H,45,51)(H,42,46,49)(H,50,56,59)/b29-19-,30-20-. The molecule has 0 radical (unpaired) electrons. The quantitative estimate of drug-likeness (QED) is 0.112. The van der Waals surface area contributed by atoms with Crippen LogP contribution in [0.5, 0.6) is 0 Å². The molecule has 9 rings (SSSR count). The molecule has 0 aliphatic carbocycles. The Morgan fingerprint density at radius 1 is 0.746 bits per heavy atom. The molecule has 21 nitrogen and oxygen atoms in total. The molecule has 4 aliphatic heterocycles. The molecule has 4 saturated heterocycles. The molecule has 63 heavy (non-hydrogen) atoms. The molecule has 4 aliphatic rings. The number of amides is 4. The molecule has 3 N–H and O–H groups in total. The summed E-state index contributed by atoms with van der Waals surface area (Å²) in [5, 5.41) is 12.4. The number of rotatable bonds is 13. The summed E-state index contributed by atoms with van der Waals surface area (Å²) >= 11 is 1.58. The van der Waals surface area contributed by atoms with E-state index in [9.17, 15) is 24.0 Å². The molecular formula is C40H39N15O6S2. The van der Waals surface area contributed by atoms with Crippen molar-refractivity contribution in [3.8, 4) is 0 Å². The fourth-order valence-electron chi connectivity index (χ4n) is 7.31. The fraction of sp³-hybridized carbons (Fsp3) is 0.325. The van der Waals surface area contributed by atoms with Gasteiger partial charge in [-0.3, -0.25) is 24.5 Å². The Kier molecular flexibility index (Phi) is 12.2. The van der Waals surface area contributed by atoms with E-state index in [-0.39, 0.29) is 27.4 Å². The molecule has 322 valence electrons. The van der Waals surface area contributed by atoms with E-state index < -0.39 is 35.0 Å². The molecule has 4 amide bonds. The number of fused-ring (bicyclic) bond motifs is 1. The minimum atomic E-state index is -0.818. The number of aromatic nitrogens is 9. The number of carbonyl (C=O) groups is 5. The Morgan fingerprint density at radius 2 is 1.40 bits per heavy atom. The smallest absolute Gasteiger partial charge is 0.358 e. The predicted molar refractivity (Wildman–Crippen MR) is 233 cm³/mol. The summed E-state index contributed by atoms with van der Waals surface area (Å²) in [5.74, 6) is 0.967. The van der Waals surface area contributed by atoms with E-state index in [1.165, 1.54) is 12.3 Å². The monoisotopic (exact) mass is 889 g/mol. The molecule has 9 heterocycles. The Morgan fingerprint density at radius 3 is 2.06 bits per heavy atom. The molecule has 0 unspecified atom stereocenters. The first-order valence-corrected chi connectivity index (χ1v) is 21.8. The van der Waals surface area contributed by atoms with E-state index in [4.69, 9.17) is 4.74 Å². The molecule has 5 aromatic rings. The maximum absolute atomic E-state index is 13.3. The number of nitrogens with one attached hydrogen (secondary N) is 3. The van der Waals surface area contributed by atoms with E-state index in [1.54, 1.807) is 47.4 Å². The van der Waals surface area contributed by atoms with Crippen LogP contribution in [0.2, 0.25) is 0 Å². The first-order chi connectivity index (χ1) is 30.7. The van der Waals surface area contributed by atoms with E-state index in [0.29, 0.717) is 48.8 Å². The van der Waals surface area contributed by atoms with Gasteiger partial charge in [0.25, 0.3) is 22.3 Å². The molecule has 4 fully saturated rings. The van der Waals surface area contributed by atoms with Crippen LogP contribution in [0.15, 0.2) is 71.1 Å². The molecule has 0 aromatic carbocycles. The zero-order chi connectivity index (χ0) is 43.3. The van der Waals surface area contributed by atoms with Crippen LogP contribution in [0, 0.1) is 11.8 Å². The van der Waals surface area contributed by atoms with Crippen LogP contribution in [0.3, 0.4) is 0 Å². The van der Waals surface area contributed by atoms with Gasteiger partial charge in [-0.1, -0.05) is 0 Å². The molecule has 0 spiro atoms. The van der Waals surface area contributed by atoms with Crippen molar-refractivity contribution >= 4 is 93.2 Å². The minimum absolute atomic E-state index is 0.0343. The third kappa shape index (κ3) is 9.88. The highest BCUT2D eigenvalue weighted by molar-refractivity contribution is 8.18. The number of hydrogen-bond donors (Lipinski definition) is 3. The maximum Gasteiger partial charge on any atom is 0.358 e. The van der Waals surface area contributed by atoms with Crippen LogP contribution in [-0.2, 0) is 14.3 Å². The maximum atomic E-state index is 13.3. The average Bonchev–Trinajstić information content (AvgIpc) is 3.99.